The van der Waals surface area contributed by atoms with Crippen LogP contribution in [0.3, 0.4) is 0 Å². The standard InChI is InChI=1S/C15H25N3O/c1-12(2)10-18-15(16-11-17-18)9-14(19)8-13-6-4-3-5-7-13/h6,11-12,14,19H,3-5,7-10H2,1-2H3. The highest BCUT2D eigenvalue weighted by Crippen LogP contribution is 2.22. The van der Waals surface area contributed by atoms with Gasteiger partial charge in [0.05, 0.1) is 6.10 Å². The SMILES string of the molecule is CC(C)Cn1ncnc1CC(O)CC1=CCCCC1. The van der Waals surface area contributed by atoms with Crippen molar-refractivity contribution in [3.63, 3.8) is 0 Å². The van der Waals surface area contributed by atoms with Crippen LogP contribution in [0.4, 0.5) is 0 Å². The van der Waals surface area contributed by atoms with Crippen molar-refractivity contribution in [3.8, 4) is 0 Å². The van der Waals surface area contributed by atoms with Crippen LogP contribution in [0.15, 0.2) is 18.0 Å². The third-order valence-corrected chi connectivity index (χ3v) is 3.53. The van der Waals surface area contributed by atoms with Gasteiger partial charge in [-0.05, 0) is 38.0 Å². The minimum Gasteiger partial charge on any atom is -0.392 e. The Labute approximate surface area is 115 Å². The summed E-state index contributed by atoms with van der Waals surface area (Å²) >= 11 is 0. The fourth-order valence-electron chi connectivity index (χ4n) is 2.62. The minimum absolute atomic E-state index is 0.334. The van der Waals surface area contributed by atoms with Crippen LogP contribution in [-0.2, 0) is 13.0 Å². The fraction of sp³-hybridized carbons (Fsp3) is 0.733. The third kappa shape index (κ3) is 4.46. The van der Waals surface area contributed by atoms with E-state index in [1.807, 2.05) is 4.68 Å². The maximum absolute atomic E-state index is 10.2. The number of aliphatic hydroxyl groups is 1. The van der Waals surface area contributed by atoms with E-state index in [-0.39, 0.29) is 6.10 Å². The largest absolute Gasteiger partial charge is 0.392 e. The quantitative estimate of drug-likeness (QED) is 0.803. The molecule has 1 atom stereocenters. The molecule has 1 aliphatic carbocycles. The molecule has 0 amide bonds. The Bertz CT molecular complexity index is 423. The van der Waals surface area contributed by atoms with Gasteiger partial charge in [0.2, 0.25) is 0 Å². The van der Waals surface area contributed by atoms with Gasteiger partial charge >= 0.3 is 0 Å². The molecule has 0 fully saturated rings. The molecule has 1 aromatic heterocycles. The molecule has 0 spiro atoms. The molecule has 1 aromatic rings. The zero-order valence-electron chi connectivity index (χ0n) is 12.0. The summed E-state index contributed by atoms with van der Waals surface area (Å²) in [7, 11) is 0. The topological polar surface area (TPSA) is 50.9 Å². The lowest BCUT2D eigenvalue weighted by Gasteiger charge is -2.17. The van der Waals surface area contributed by atoms with Crippen LogP contribution in [0.1, 0.15) is 51.8 Å². The lowest BCUT2D eigenvalue weighted by molar-refractivity contribution is 0.169. The van der Waals surface area contributed by atoms with Crippen molar-refractivity contribution >= 4 is 0 Å². The summed E-state index contributed by atoms with van der Waals surface area (Å²) in [5.41, 5.74) is 1.41. The highest BCUT2D eigenvalue weighted by Gasteiger charge is 2.14. The van der Waals surface area contributed by atoms with Crippen LogP contribution in [0.25, 0.3) is 0 Å². The number of hydrogen-bond acceptors (Lipinski definition) is 3. The molecule has 0 saturated carbocycles. The van der Waals surface area contributed by atoms with Gasteiger partial charge in [0.1, 0.15) is 12.2 Å². The van der Waals surface area contributed by atoms with E-state index in [1.54, 1.807) is 6.33 Å². The number of rotatable bonds is 6. The van der Waals surface area contributed by atoms with Crippen molar-refractivity contribution in [3.05, 3.63) is 23.8 Å². The summed E-state index contributed by atoms with van der Waals surface area (Å²) in [6, 6.07) is 0. The van der Waals surface area contributed by atoms with Crippen molar-refractivity contribution in [2.75, 3.05) is 0 Å². The molecule has 0 aliphatic heterocycles. The predicted octanol–water partition coefficient (Wildman–Crippen LogP) is 2.73. The molecule has 2 rings (SSSR count). The highest BCUT2D eigenvalue weighted by atomic mass is 16.3. The molecule has 1 unspecified atom stereocenters. The number of aromatic nitrogens is 3. The van der Waals surface area contributed by atoms with Crippen molar-refractivity contribution in [2.24, 2.45) is 5.92 Å². The average molecular weight is 263 g/mol. The molecule has 0 saturated heterocycles. The fourth-order valence-corrected chi connectivity index (χ4v) is 2.62. The summed E-state index contributed by atoms with van der Waals surface area (Å²) in [4.78, 5) is 4.27. The molecule has 1 N–H and O–H groups in total. The van der Waals surface area contributed by atoms with Crippen LogP contribution in [-0.4, -0.2) is 26.0 Å². The summed E-state index contributed by atoms with van der Waals surface area (Å²) in [6.45, 7) is 5.19. The summed E-state index contributed by atoms with van der Waals surface area (Å²) in [5, 5.41) is 14.4. The van der Waals surface area contributed by atoms with Crippen molar-refractivity contribution in [2.45, 2.75) is 65.0 Å². The summed E-state index contributed by atoms with van der Waals surface area (Å²) in [5.74, 6) is 1.44. The molecule has 19 heavy (non-hydrogen) atoms. The van der Waals surface area contributed by atoms with E-state index < -0.39 is 0 Å². The van der Waals surface area contributed by atoms with Crippen molar-refractivity contribution in [1.82, 2.24) is 14.8 Å². The molecule has 0 bridgehead atoms. The number of nitrogens with zero attached hydrogens (tertiary/aromatic N) is 3. The van der Waals surface area contributed by atoms with Gasteiger partial charge in [0.15, 0.2) is 0 Å². The average Bonchev–Trinajstić information content (AvgIpc) is 2.77. The zero-order chi connectivity index (χ0) is 13.7. The molecule has 1 aliphatic rings. The number of allylic oxidation sites excluding steroid dienone is 1. The maximum Gasteiger partial charge on any atom is 0.138 e. The van der Waals surface area contributed by atoms with Crippen molar-refractivity contribution in [1.29, 1.82) is 0 Å². The maximum atomic E-state index is 10.2. The van der Waals surface area contributed by atoms with Crippen LogP contribution < -0.4 is 0 Å². The van der Waals surface area contributed by atoms with E-state index in [4.69, 9.17) is 0 Å². The molecule has 4 nitrogen and oxygen atoms in total. The molecular weight excluding hydrogens is 238 g/mol. The van der Waals surface area contributed by atoms with Gasteiger partial charge in [0.25, 0.3) is 0 Å². The summed E-state index contributed by atoms with van der Waals surface area (Å²) < 4.78 is 1.92. The van der Waals surface area contributed by atoms with E-state index in [9.17, 15) is 5.11 Å². The van der Waals surface area contributed by atoms with Crippen LogP contribution in [0.5, 0.6) is 0 Å². The van der Waals surface area contributed by atoms with Crippen LogP contribution in [0, 0.1) is 5.92 Å². The van der Waals surface area contributed by atoms with Crippen LogP contribution in [0.2, 0.25) is 0 Å². The van der Waals surface area contributed by atoms with Gasteiger partial charge in [-0.1, -0.05) is 25.5 Å². The van der Waals surface area contributed by atoms with E-state index in [2.05, 4.69) is 30.0 Å². The Kier molecular flexibility index (Phi) is 5.14. The van der Waals surface area contributed by atoms with Gasteiger partial charge in [-0.15, -0.1) is 0 Å². The molecule has 1 heterocycles. The summed E-state index contributed by atoms with van der Waals surface area (Å²) in [6.07, 6.45) is 9.82. The first-order valence-corrected chi connectivity index (χ1v) is 7.38. The lowest BCUT2D eigenvalue weighted by Crippen LogP contribution is -2.18. The molecule has 4 heteroatoms. The Hall–Kier alpha value is -1.16. The Morgan fingerprint density at radius 3 is 2.84 bits per heavy atom. The second-order valence-electron chi connectivity index (χ2n) is 5.92. The Balaban J connectivity index is 1.89. The zero-order valence-corrected chi connectivity index (χ0v) is 12.0. The Morgan fingerprint density at radius 2 is 2.16 bits per heavy atom. The Morgan fingerprint density at radius 1 is 1.32 bits per heavy atom. The molecular formula is C15H25N3O. The van der Waals surface area contributed by atoms with E-state index in [1.165, 1.54) is 24.8 Å². The van der Waals surface area contributed by atoms with E-state index in [0.29, 0.717) is 12.3 Å². The van der Waals surface area contributed by atoms with Gasteiger partial charge in [-0.25, -0.2) is 9.67 Å². The monoisotopic (exact) mass is 263 g/mol. The molecule has 0 aromatic carbocycles. The van der Waals surface area contributed by atoms with E-state index in [0.717, 1.165) is 25.2 Å². The smallest absolute Gasteiger partial charge is 0.138 e. The highest BCUT2D eigenvalue weighted by molar-refractivity contribution is 5.07. The van der Waals surface area contributed by atoms with Gasteiger partial charge in [0, 0.05) is 13.0 Å². The van der Waals surface area contributed by atoms with Gasteiger partial charge in [-0.2, -0.15) is 5.10 Å². The molecule has 106 valence electrons. The minimum atomic E-state index is -0.334. The van der Waals surface area contributed by atoms with E-state index >= 15 is 0 Å². The van der Waals surface area contributed by atoms with Gasteiger partial charge < -0.3 is 5.11 Å². The van der Waals surface area contributed by atoms with Crippen LogP contribution >= 0.6 is 0 Å². The van der Waals surface area contributed by atoms with Gasteiger partial charge in [-0.3, -0.25) is 0 Å². The second kappa shape index (κ2) is 6.85. The van der Waals surface area contributed by atoms with Crippen molar-refractivity contribution < 1.29 is 5.11 Å². The predicted molar refractivity (Wildman–Crippen MR) is 75.7 cm³/mol. The second-order valence-corrected chi connectivity index (χ2v) is 5.92. The lowest BCUT2D eigenvalue weighted by atomic mass is 9.94. The first-order valence-electron chi connectivity index (χ1n) is 7.38. The third-order valence-electron chi connectivity index (χ3n) is 3.53. The normalized spacial score (nSPS) is 17.6. The first-order chi connectivity index (χ1) is 9.15. The number of hydrogen-bond donors (Lipinski definition) is 1. The number of aliphatic hydroxyl groups excluding tert-OH is 1. The molecule has 0 radical (unpaired) electrons. The first kappa shape index (κ1) is 14.3.